The molecule has 0 spiro atoms. The molecule has 0 radical (unpaired) electrons. The zero-order chi connectivity index (χ0) is 15.2. The van der Waals surface area contributed by atoms with Crippen molar-refractivity contribution in [3.05, 3.63) is 0 Å². The lowest BCUT2D eigenvalue weighted by molar-refractivity contribution is -0.143. The molecule has 2 rings (SSSR count). The second kappa shape index (κ2) is 7.64. The number of aliphatic carboxylic acids is 1. The van der Waals surface area contributed by atoms with Crippen LogP contribution in [0.3, 0.4) is 0 Å². The van der Waals surface area contributed by atoms with Gasteiger partial charge in [0.1, 0.15) is 0 Å². The molecule has 6 nitrogen and oxygen atoms in total. The molecule has 1 heterocycles. The number of carboxylic acids is 1. The first-order valence-electron chi connectivity index (χ1n) is 7.93. The van der Waals surface area contributed by atoms with E-state index in [-0.39, 0.29) is 11.9 Å². The van der Waals surface area contributed by atoms with E-state index in [1.165, 1.54) is 12.8 Å². The van der Waals surface area contributed by atoms with Crippen LogP contribution in [0, 0.1) is 11.8 Å². The maximum Gasteiger partial charge on any atom is 0.317 e. The van der Waals surface area contributed by atoms with E-state index in [1.54, 1.807) is 4.90 Å². The summed E-state index contributed by atoms with van der Waals surface area (Å²) in [6.45, 7) is 3.92. The minimum absolute atomic E-state index is 0.178. The van der Waals surface area contributed by atoms with Crippen molar-refractivity contribution in [1.29, 1.82) is 0 Å². The lowest BCUT2D eigenvalue weighted by Crippen LogP contribution is -2.50. The summed E-state index contributed by atoms with van der Waals surface area (Å²) in [4.78, 5) is 24.8. The first-order valence-corrected chi connectivity index (χ1v) is 7.93. The number of ether oxygens (including phenoxy) is 1. The van der Waals surface area contributed by atoms with Gasteiger partial charge in [-0.15, -0.1) is 0 Å². The number of nitrogens with zero attached hydrogens (tertiary/aromatic N) is 1. The zero-order valence-electron chi connectivity index (χ0n) is 12.7. The van der Waals surface area contributed by atoms with E-state index in [4.69, 9.17) is 9.84 Å². The Morgan fingerprint density at radius 3 is 2.67 bits per heavy atom. The number of amides is 2. The minimum atomic E-state index is -0.816. The van der Waals surface area contributed by atoms with E-state index in [1.807, 2.05) is 6.92 Å². The van der Waals surface area contributed by atoms with Gasteiger partial charge in [-0.05, 0) is 25.2 Å². The normalized spacial score (nSPS) is 26.8. The summed E-state index contributed by atoms with van der Waals surface area (Å²) in [7, 11) is 0. The molecule has 1 aliphatic heterocycles. The molecule has 1 aliphatic carbocycles. The van der Waals surface area contributed by atoms with Crippen LogP contribution in [0.2, 0.25) is 0 Å². The zero-order valence-corrected chi connectivity index (χ0v) is 12.7. The Morgan fingerprint density at radius 2 is 2.00 bits per heavy atom. The van der Waals surface area contributed by atoms with Crippen LogP contribution in [0.15, 0.2) is 0 Å². The SMILES string of the molecule is CC1CC(C(=O)O)CN(C(=O)NCCOC2CCCC2)C1. The maximum atomic E-state index is 12.1. The Kier molecular flexibility index (Phi) is 5.85. The van der Waals surface area contributed by atoms with Gasteiger partial charge in [-0.2, -0.15) is 0 Å². The second-order valence-corrected chi connectivity index (χ2v) is 6.29. The van der Waals surface area contributed by atoms with E-state index in [0.29, 0.717) is 38.8 Å². The molecule has 2 amide bonds. The summed E-state index contributed by atoms with van der Waals surface area (Å²) < 4.78 is 5.69. The quantitative estimate of drug-likeness (QED) is 0.757. The third-order valence-electron chi connectivity index (χ3n) is 4.33. The van der Waals surface area contributed by atoms with Crippen molar-refractivity contribution in [1.82, 2.24) is 10.2 Å². The van der Waals surface area contributed by atoms with Gasteiger partial charge >= 0.3 is 12.0 Å². The van der Waals surface area contributed by atoms with Gasteiger partial charge in [0, 0.05) is 19.6 Å². The van der Waals surface area contributed by atoms with Crippen molar-refractivity contribution in [2.45, 2.75) is 45.1 Å². The van der Waals surface area contributed by atoms with E-state index in [9.17, 15) is 9.59 Å². The molecular formula is C15H26N2O4. The number of nitrogens with one attached hydrogen (secondary N) is 1. The Hall–Kier alpha value is -1.30. The molecule has 0 bridgehead atoms. The molecule has 120 valence electrons. The van der Waals surface area contributed by atoms with Crippen LogP contribution in [0.4, 0.5) is 4.79 Å². The smallest absolute Gasteiger partial charge is 0.317 e. The van der Waals surface area contributed by atoms with Gasteiger partial charge in [-0.1, -0.05) is 19.8 Å². The molecule has 2 atom stereocenters. The average molecular weight is 298 g/mol. The Bertz CT molecular complexity index is 369. The highest BCUT2D eigenvalue weighted by Gasteiger charge is 2.31. The van der Waals surface area contributed by atoms with E-state index in [0.717, 1.165) is 12.8 Å². The van der Waals surface area contributed by atoms with Crippen molar-refractivity contribution < 1.29 is 19.4 Å². The van der Waals surface area contributed by atoms with Crippen molar-refractivity contribution >= 4 is 12.0 Å². The summed E-state index contributed by atoms with van der Waals surface area (Å²) in [6.07, 6.45) is 5.71. The summed E-state index contributed by atoms with van der Waals surface area (Å²) in [5.41, 5.74) is 0. The van der Waals surface area contributed by atoms with Crippen LogP contribution in [-0.4, -0.2) is 54.4 Å². The van der Waals surface area contributed by atoms with Crippen LogP contribution in [0.25, 0.3) is 0 Å². The average Bonchev–Trinajstić information content (AvgIpc) is 2.95. The van der Waals surface area contributed by atoms with Crippen molar-refractivity contribution in [2.24, 2.45) is 11.8 Å². The summed E-state index contributed by atoms with van der Waals surface area (Å²) >= 11 is 0. The van der Waals surface area contributed by atoms with Crippen LogP contribution >= 0.6 is 0 Å². The number of rotatable bonds is 5. The van der Waals surface area contributed by atoms with Crippen molar-refractivity contribution in [2.75, 3.05) is 26.2 Å². The molecule has 0 aromatic carbocycles. The van der Waals surface area contributed by atoms with E-state index >= 15 is 0 Å². The van der Waals surface area contributed by atoms with E-state index < -0.39 is 11.9 Å². The standard InChI is InChI=1S/C15H26N2O4/c1-11-8-12(14(18)19)10-17(9-11)15(20)16-6-7-21-13-4-2-3-5-13/h11-13H,2-10H2,1H3,(H,16,20)(H,18,19). The highest BCUT2D eigenvalue weighted by atomic mass is 16.5. The van der Waals surface area contributed by atoms with Gasteiger partial charge in [0.25, 0.3) is 0 Å². The first-order chi connectivity index (χ1) is 10.1. The molecular weight excluding hydrogens is 272 g/mol. The molecule has 6 heteroatoms. The third-order valence-corrected chi connectivity index (χ3v) is 4.33. The summed E-state index contributed by atoms with van der Waals surface area (Å²) in [5, 5.41) is 11.9. The fourth-order valence-corrected chi connectivity index (χ4v) is 3.25. The van der Waals surface area contributed by atoms with Crippen LogP contribution in [0.5, 0.6) is 0 Å². The highest BCUT2D eigenvalue weighted by molar-refractivity contribution is 5.76. The molecule has 2 fully saturated rings. The Morgan fingerprint density at radius 1 is 1.29 bits per heavy atom. The number of carboxylic acid groups (broad SMARTS) is 1. The maximum absolute atomic E-state index is 12.1. The molecule has 0 aromatic heterocycles. The summed E-state index contributed by atoms with van der Waals surface area (Å²) in [6, 6.07) is -0.178. The largest absolute Gasteiger partial charge is 0.481 e. The molecule has 2 N–H and O–H groups in total. The molecule has 2 unspecified atom stereocenters. The number of carbonyl (C=O) groups is 2. The number of carbonyl (C=O) groups excluding carboxylic acids is 1. The monoisotopic (exact) mass is 298 g/mol. The van der Waals surface area contributed by atoms with Crippen LogP contribution < -0.4 is 5.32 Å². The van der Waals surface area contributed by atoms with Gasteiger partial charge in [-0.3, -0.25) is 4.79 Å². The topological polar surface area (TPSA) is 78.9 Å². The molecule has 0 aromatic rings. The van der Waals surface area contributed by atoms with Crippen molar-refractivity contribution in [3.8, 4) is 0 Å². The van der Waals surface area contributed by atoms with Crippen LogP contribution in [-0.2, 0) is 9.53 Å². The molecule has 1 saturated heterocycles. The lowest BCUT2D eigenvalue weighted by Gasteiger charge is -2.34. The van der Waals surface area contributed by atoms with Gasteiger partial charge in [0.2, 0.25) is 0 Å². The molecule has 2 aliphatic rings. The fourth-order valence-electron chi connectivity index (χ4n) is 3.25. The Balaban J connectivity index is 1.68. The van der Waals surface area contributed by atoms with Crippen LogP contribution in [0.1, 0.15) is 39.0 Å². The lowest BCUT2D eigenvalue weighted by atomic mass is 9.91. The van der Waals surface area contributed by atoms with Gasteiger partial charge in [0.05, 0.1) is 18.6 Å². The third kappa shape index (κ3) is 4.88. The number of hydrogen-bond acceptors (Lipinski definition) is 3. The highest BCUT2D eigenvalue weighted by Crippen LogP contribution is 2.22. The predicted octanol–water partition coefficient (Wildman–Crippen LogP) is 1.70. The van der Waals surface area contributed by atoms with Gasteiger partial charge < -0.3 is 20.1 Å². The minimum Gasteiger partial charge on any atom is -0.481 e. The number of piperidine rings is 1. The second-order valence-electron chi connectivity index (χ2n) is 6.29. The molecule has 21 heavy (non-hydrogen) atoms. The summed E-state index contributed by atoms with van der Waals surface area (Å²) in [5.74, 6) is -1.04. The van der Waals surface area contributed by atoms with Gasteiger partial charge in [-0.25, -0.2) is 4.79 Å². The molecule has 1 saturated carbocycles. The predicted molar refractivity (Wildman–Crippen MR) is 78.1 cm³/mol. The fraction of sp³-hybridized carbons (Fsp3) is 0.867. The van der Waals surface area contributed by atoms with Gasteiger partial charge in [0.15, 0.2) is 0 Å². The van der Waals surface area contributed by atoms with Crippen molar-refractivity contribution in [3.63, 3.8) is 0 Å². The first kappa shape index (κ1) is 16.1. The number of urea groups is 1. The number of hydrogen-bond donors (Lipinski definition) is 2. The Labute approximate surface area is 125 Å². The van der Waals surface area contributed by atoms with E-state index in [2.05, 4.69) is 5.32 Å². The number of likely N-dealkylation sites (tertiary alicyclic amines) is 1.